The second-order valence-corrected chi connectivity index (χ2v) is 5.72. The minimum absolute atomic E-state index is 0.287. The highest BCUT2D eigenvalue weighted by molar-refractivity contribution is 6.30. The fraction of sp³-hybridized carbons (Fsp3) is 0.429. The van der Waals surface area contributed by atoms with Gasteiger partial charge in [-0.1, -0.05) is 24.1 Å². The van der Waals surface area contributed by atoms with E-state index in [0.717, 1.165) is 31.4 Å². The number of benzene rings is 1. The second kappa shape index (κ2) is 5.32. The number of hydrogen-bond acceptors (Lipinski definition) is 5. The van der Waals surface area contributed by atoms with Crippen LogP contribution in [0.3, 0.4) is 0 Å². The summed E-state index contributed by atoms with van der Waals surface area (Å²) in [5.41, 5.74) is 6.46. The number of aliphatic imine (C=N–C) groups is 2. The molecule has 1 fully saturated rings. The Kier molecular flexibility index (Phi) is 3.53. The summed E-state index contributed by atoms with van der Waals surface area (Å²) in [7, 11) is 0. The zero-order valence-electron chi connectivity index (χ0n) is 11.2. The lowest BCUT2D eigenvalue weighted by molar-refractivity contribution is 0.274. The Morgan fingerprint density at radius 2 is 2.05 bits per heavy atom. The molecule has 1 spiro atoms. The number of nitrogens with one attached hydrogen (secondary N) is 2. The van der Waals surface area contributed by atoms with E-state index in [2.05, 4.69) is 20.6 Å². The van der Waals surface area contributed by atoms with E-state index in [4.69, 9.17) is 17.3 Å². The van der Waals surface area contributed by atoms with E-state index < -0.39 is 0 Å². The topological polar surface area (TPSA) is 74.8 Å². The third-order valence-corrected chi connectivity index (χ3v) is 3.91. The van der Waals surface area contributed by atoms with E-state index in [0.29, 0.717) is 16.9 Å². The maximum Gasteiger partial charge on any atom is 0.220 e. The van der Waals surface area contributed by atoms with Gasteiger partial charge in [0, 0.05) is 10.7 Å². The van der Waals surface area contributed by atoms with Gasteiger partial charge in [-0.3, -0.25) is 0 Å². The van der Waals surface area contributed by atoms with Crippen LogP contribution in [0.4, 0.5) is 5.69 Å². The molecule has 4 N–H and O–H groups in total. The predicted octanol–water partition coefficient (Wildman–Crippen LogP) is 2.69. The smallest absolute Gasteiger partial charge is 0.220 e. The molecule has 0 atom stereocenters. The van der Waals surface area contributed by atoms with Gasteiger partial charge in [-0.15, -0.1) is 0 Å². The first-order chi connectivity index (χ1) is 9.65. The molecular formula is C14H18ClN5. The zero-order chi connectivity index (χ0) is 14.0. The zero-order valence-corrected chi connectivity index (χ0v) is 12.0. The van der Waals surface area contributed by atoms with Crippen molar-refractivity contribution < 1.29 is 0 Å². The quantitative estimate of drug-likeness (QED) is 0.745. The average molecular weight is 292 g/mol. The van der Waals surface area contributed by atoms with Gasteiger partial charge in [0.25, 0.3) is 0 Å². The van der Waals surface area contributed by atoms with Gasteiger partial charge in [-0.2, -0.15) is 4.99 Å². The van der Waals surface area contributed by atoms with Crippen molar-refractivity contribution in [3.8, 4) is 0 Å². The summed E-state index contributed by atoms with van der Waals surface area (Å²) in [6.45, 7) is 0. The van der Waals surface area contributed by atoms with Gasteiger partial charge in [0.2, 0.25) is 11.9 Å². The number of hydrogen-bond donors (Lipinski definition) is 3. The first kappa shape index (κ1) is 13.2. The van der Waals surface area contributed by atoms with Crippen LogP contribution in [0, 0.1) is 0 Å². The fourth-order valence-corrected chi connectivity index (χ4v) is 2.96. The van der Waals surface area contributed by atoms with E-state index in [1.54, 1.807) is 0 Å². The van der Waals surface area contributed by atoms with Gasteiger partial charge in [0.15, 0.2) is 0 Å². The Balaban J connectivity index is 1.78. The molecule has 106 valence electrons. The van der Waals surface area contributed by atoms with Gasteiger partial charge in [0.05, 0.1) is 0 Å². The summed E-state index contributed by atoms with van der Waals surface area (Å²) in [4.78, 5) is 8.75. The lowest BCUT2D eigenvalue weighted by Crippen LogP contribution is -2.54. The second-order valence-electron chi connectivity index (χ2n) is 5.28. The molecule has 0 unspecified atom stereocenters. The van der Waals surface area contributed by atoms with Crippen LogP contribution in [-0.2, 0) is 0 Å². The Morgan fingerprint density at radius 1 is 1.25 bits per heavy atom. The fourth-order valence-electron chi connectivity index (χ4n) is 2.77. The van der Waals surface area contributed by atoms with E-state index in [1.807, 2.05) is 24.3 Å². The number of nitrogens with zero attached hydrogens (tertiary/aromatic N) is 2. The van der Waals surface area contributed by atoms with Crippen LogP contribution >= 0.6 is 11.6 Å². The monoisotopic (exact) mass is 291 g/mol. The van der Waals surface area contributed by atoms with Crippen molar-refractivity contribution in [2.24, 2.45) is 15.7 Å². The molecule has 0 bridgehead atoms. The highest BCUT2D eigenvalue weighted by Crippen LogP contribution is 2.30. The maximum absolute atomic E-state index is 5.98. The Bertz CT molecular complexity index is 560. The van der Waals surface area contributed by atoms with Gasteiger partial charge in [-0.25, -0.2) is 4.99 Å². The molecule has 5 nitrogen and oxygen atoms in total. The highest BCUT2D eigenvalue weighted by atomic mass is 35.5. The van der Waals surface area contributed by atoms with Gasteiger partial charge >= 0.3 is 0 Å². The van der Waals surface area contributed by atoms with Crippen LogP contribution in [0.2, 0.25) is 5.02 Å². The molecule has 1 heterocycles. The first-order valence-corrected chi connectivity index (χ1v) is 7.28. The third kappa shape index (κ3) is 2.88. The molecule has 1 aliphatic carbocycles. The lowest BCUT2D eigenvalue weighted by atomic mass is 9.89. The number of anilines is 1. The maximum atomic E-state index is 5.98. The average Bonchev–Trinajstić information content (AvgIpc) is 2.38. The minimum Gasteiger partial charge on any atom is -0.368 e. The largest absolute Gasteiger partial charge is 0.368 e. The van der Waals surface area contributed by atoms with Crippen LogP contribution in [0.15, 0.2) is 34.3 Å². The van der Waals surface area contributed by atoms with Crippen LogP contribution in [0.25, 0.3) is 0 Å². The molecule has 6 heteroatoms. The van der Waals surface area contributed by atoms with Crippen molar-refractivity contribution in [2.75, 3.05) is 5.32 Å². The standard InChI is InChI=1S/C14H18ClN5/c15-10-5-4-6-11(9-10)17-13-18-12(16)19-14(20-13)7-2-1-3-8-14/h4-6,9H,1-3,7-8H2,(H4,16,17,18,19,20). The molecule has 3 rings (SSSR count). The van der Waals surface area contributed by atoms with E-state index >= 15 is 0 Å². The van der Waals surface area contributed by atoms with Crippen LogP contribution in [0.5, 0.6) is 0 Å². The summed E-state index contributed by atoms with van der Waals surface area (Å²) in [6, 6.07) is 7.51. The molecule has 20 heavy (non-hydrogen) atoms. The first-order valence-electron chi connectivity index (χ1n) is 6.90. The van der Waals surface area contributed by atoms with Crippen molar-refractivity contribution in [1.29, 1.82) is 0 Å². The molecule has 1 aliphatic heterocycles. The minimum atomic E-state index is -0.287. The van der Waals surface area contributed by atoms with Crippen LogP contribution in [-0.4, -0.2) is 17.6 Å². The molecule has 0 amide bonds. The van der Waals surface area contributed by atoms with Gasteiger partial charge in [-0.05, 0) is 43.9 Å². The Labute approximate surface area is 123 Å². The highest BCUT2D eigenvalue weighted by Gasteiger charge is 2.35. The Hall–Kier alpha value is -1.75. The number of rotatable bonds is 1. The summed E-state index contributed by atoms with van der Waals surface area (Å²) in [5.74, 6) is 0.969. The molecule has 0 aromatic heterocycles. The molecule has 0 radical (unpaired) electrons. The molecular weight excluding hydrogens is 274 g/mol. The van der Waals surface area contributed by atoms with Gasteiger partial charge in [0.1, 0.15) is 5.66 Å². The van der Waals surface area contributed by atoms with Crippen LogP contribution < -0.4 is 16.4 Å². The van der Waals surface area contributed by atoms with E-state index in [-0.39, 0.29) is 5.66 Å². The van der Waals surface area contributed by atoms with Crippen LogP contribution in [0.1, 0.15) is 32.1 Å². The van der Waals surface area contributed by atoms with Crippen molar-refractivity contribution in [3.05, 3.63) is 29.3 Å². The molecule has 2 aliphatic rings. The molecule has 1 saturated carbocycles. The van der Waals surface area contributed by atoms with Crippen molar-refractivity contribution in [1.82, 2.24) is 5.32 Å². The van der Waals surface area contributed by atoms with Crippen molar-refractivity contribution in [3.63, 3.8) is 0 Å². The summed E-state index contributed by atoms with van der Waals surface area (Å²) in [6.07, 6.45) is 5.56. The molecule has 0 saturated heterocycles. The predicted molar refractivity (Wildman–Crippen MR) is 83.1 cm³/mol. The summed E-state index contributed by atoms with van der Waals surface area (Å²) < 4.78 is 0. The lowest BCUT2D eigenvalue weighted by Gasteiger charge is -2.37. The molecule has 1 aromatic carbocycles. The normalized spacial score (nSPS) is 20.9. The number of guanidine groups is 2. The van der Waals surface area contributed by atoms with Crippen molar-refractivity contribution in [2.45, 2.75) is 37.8 Å². The number of nitrogens with two attached hydrogens (primary N) is 1. The van der Waals surface area contributed by atoms with Crippen molar-refractivity contribution >= 4 is 29.2 Å². The Morgan fingerprint density at radius 3 is 2.80 bits per heavy atom. The van der Waals surface area contributed by atoms with E-state index in [9.17, 15) is 0 Å². The molecule has 1 aromatic rings. The summed E-state index contributed by atoms with van der Waals surface area (Å²) in [5, 5.41) is 7.29. The summed E-state index contributed by atoms with van der Waals surface area (Å²) >= 11 is 5.98. The van der Waals surface area contributed by atoms with Gasteiger partial charge < -0.3 is 16.4 Å². The third-order valence-electron chi connectivity index (χ3n) is 3.67. The SMILES string of the molecule is NC1=NC2(CCCCC2)NC(Nc2cccc(Cl)c2)=N1. The number of halogens is 1. The van der Waals surface area contributed by atoms with E-state index in [1.165, 1.54) is 6.42 Å².